The van der Waals surface area contributed by atoms with Crippen molar-refractivity contribution < 1.29 is 9.47 Å². The molecule has 0 aliphatic rings. The number of nitrogens with zero attached hydrogens (tertiary/aromatic N) is 1. The number of hydrogen-bond acceptors (Lipinski definition) is 3. The van der Waals surface area contributed by atoms with Crippen LogP contribution in [0.25, 0.3) is 11.1 Å². The number of likely N-dealkylation sites (N-methyl/N-ethyl adjacent to an activating group) is 1. The Bertz CT molecular complexity index is 595. The van der Waals surface area contributed by atoms with E-state index in [1.807, 2.05) is 32.3 Å². The molecule has 2 aromatic rings. The third kappa shape index (κ3) is 4.33. The van der Waals surface area contributed by atoms with Gasteiger partial charge in [-0.15, -0.1) is 0 Å². The van der Waals surface area contributed by atoms with Crippen molar-refractivity contribution in [2.45, 2.75) is 13.0 Å². The van der Waals surface area contributed by atoms with Crippen LogP contribution in [0.15, 0.2) is 48.5 Å². The van der Waals surface area contributed by atoms with E-state index in [-0.39, 0.29) is 6.10 Å². The lowest BCUT2D eigenvalue weighted by Crippen LogP contribution is -2.19. The highest BCUT2D eigenvalue weighted by molar-refractivity contribution is 5.71. The fourth-order valence-electron chi connectivity index (χ4n) is 2.26. The van der Waals surface area contributed by atoms with Gasteiger partial charge in [0.05, 0.1) is 6.10 Å². The Kier molecular flexibility index (Phi) is 5.99. The van der Waals surface area contributed by atoms with Gasteiger partial charge in [-0.25, -0.2) is 0 Å². The molecular formula is C19H25NO2. The molecule has 118 valence electrons. The predicted octanol–water partition coefficient (Wildman–Crippen LogP) is 4.00. The molecule has 2 aromatic carbocycles. The van der Waals surface area contributed by atoms with Crippen LogP contribution in [-0.2, 0) is 4.74 Å². The molecular weight excluding hydrogens is 274 g/mol. The fourth-order valence-corrected chi connectivity index (χ4v) is 2.26. The summed E-state index contributed by atoms with van der Waals surface area (Å²) >= 11 is 0. The zero-order valence-electron chi connectivity index (χ0n) is 13.9. The maximum Gasteiger partial charge on any atom is 0.127 e. The standard InChI is InChI=1S/C19H25NO2/c1-15(21-4)16-8-7-9-17(14-16)18-10-5-6-11-19(18)22-13-12-20(2)3/h5-11,14-15H,12-13H2,1-4H3/t15-/m0/s1. The van der Waals surface area contributed by atoms with Crippen LogP contribution in [0, 0.1) is 0 Å². The molecule has 3 nitrogen and oxygen atoms in total. The lowest BCUT2D eigenvalue weighted by Gasteiger charge is -2.15. The number of ether oxygens (including phenoxy) is 2. The summed E-state index contributed by atoms with van der Waals surface area (Å²) in [5, 5.41) is 0. The maximum atomic E-state index is 5.96. The Hall–Kier alpha value is -1.84. The van der Waals surface area contributed by atoms with Gasteiger partial charge in [0.1, 0.15) is 12.4 Å². The first-order valence-electron chi connectivity index (χ1n) is 7.61. The summed E-state index contributed by atoms with van der Waals surface area (Å²) in [5.41, 5.74) is 3.44. The minimum atomic E-state index is 0.0850. The van der Waals surface area contributed by atoms with E-state index in [0.29, 0.717) is 6.61 Å². The summed E-state index contributed by atoms with van der Waals surface area (Å²) in [5.74, 6) is 0.923. The fraction of sp³-hybridized carbons (Fsp3) is 0.368. The van der Waals surface area contributed by atoms with Gasteiger partial charge in [-0.3, -0.25) is 0 Å². The van der Waals surface area contributed by atoms with E-state index in [4.69, 9.17) is 9.47 Å². The Morgan fingerprint density at radius 1 is 1.05 bits per heavy atom. The molecule has 0 amide bonds. The van der Waals surface area contributed by atoms with E-state index >= 15 is 0 Å². The van der Waals surface area contributed by atoms with E-state index in [1.165, 1.54) is 5.56 Å². The lowest BCUT2D eigenvalue weighted by atomic mass is 10.0. The van der Waals surface area contributed by atoms with E-state index in [1.54, 1.807) is 7.11 Å². The zero-order valence-corrected chi connectivity index (χ0v) is 13.9. The second-order valence-electron chi connectivity index (χ2n) is 5.65. The summed E-state index contributed by atoms with van der Waals surface area (Å²) in [6, 6.07) is 16.6. The molecule has 0 N–H and O–H groups in total. The van der Waals surface area contributed by atoms with E-state index in [2.05, 4.69) is 42.2 Å². The first-order valence-corrected chi connectivity index (χ1v) is 7.61. The van der Waals surface area contributed by atoms with Gasteiger partial charge in [-0.2, -0.15) is 0 Å². The molecule has 0 heterocycles. The zero-order chi connectivity index (χ0) is 15.9. The van der Waals surface area contributed by atoms with Gasteiger partial charge in [-0.05, 0) is 44.3 Å². The minimum absolute atomic E-state index is 0.0850. The minimum Gasteiger partial charge on any atom is -0.492 e. The molecule has 0 radical (unpaired) electrons. The van der Waals surface area contributed by atoms with Gasteiger partial charge in [0, 0.05) is 19.2 Å². The van der Waals surface area contributed by atoms with Crippen LogP contribution in [0.2, 0.25) is 0 Å². The van der Waals surface area contributed by atoms with Crippen LogP contribution in [0.5, 0.6) is 5.75 Å². The smallest absolute Gasteiger partial charge is 0.127 e. The average Bonchev–Trinajstić information content (AvgIpc) is 2.54. The highest BCUT2D eigenvalue weighted by Crippen LogP contribution is 2.31. The number of methoxy groups -OCH3 is 1. The molecule has 22 heavy (non-hydrogen) atoms. The van der Waals surface area contributed by atoms with Crippen molar-refractivity contribution in [3.63, 3.8) is 0 Å². The van der Waals surface area contributed by atoms with Crippen molar-refractivity contribution in [3.05, 3.63) is 54.1 Å². The molecule has 0 aliphatic carbocycles. The maximum absolute atomic E-state index is 5.96. The molecule has 0 fully saturated rings. The van der Waals surface area contributed by atoms with Crippen molar-refractivity contribution in [1.29, 1.82) is 0 Å². The number of rotatable bonds is 7. The molecule has 2 rings (SSSR count). The Morgan fingerprint density at radius 2 is 1.82 bits per heavy atom. The van der Waals surface area contributed by atoms with Crippen molar-refractivity contribution in [2.24, 2.45) is 0 Å². The monoisotopic (exact) mass is 299 g/mol. The molecule has 0 spiro atoms. The highest BCUT2D eigenvalue weighted by atomic mass is 16.5. The molecule has 0 saturated heterocycles. The van der Waals surface area contributed by atoms with Crippen LogP contribution in [-0.4, -0.2) is 39.3 Å². The van der Waals surface area contributed by atoms with Crippen LogP contribution >= 0.6 is 0 Å². The first-order chi connectivity index (χ1) is 10.6. The molecule has 3 heteroatoms. The molecule has 0 saturated carbocycles. The third-order valence-electron chi connectivity index (χ3n) is 3.70. The Morgan fingerprint density at radius 3 is 2.55 bits per heavy atom. The SMILES string of the molecule is CO[C@@H](C)c1cccc(-c2ccccc2OCCN(C)C)c1. The van der Waals surface area contributed by atoms with Crippen LogP contribution in [0.1, 0.15) is 18.6 Å². The van der Waals surface area contributed by atoms with Gasteiger partial charge in [-0.1, -0.05) is 36.4 Å². The number of benzene rings is 2. The van der Waals surface area contributed by atoms with Crippen LogP contribution in [0.3, 0.4) is 0 Å². The number of para-hydroxylation sites is 1. The molecule has 0 aromatic heterocycles. The quantitative estimate of drug-likeness (QED) is 0.771. The molecule has 0 aliphatic heterocycles. The second kappa shape index (κ2) is 7.97. The van der Waals surface area contributed by atoms with E-state index in [9.17, 15) is 0 Å². The van der Waals surface area contributed by atoms with Crippen LogP contribution in [0.4, 0.5) is 0 Å². The normalized spacial score (nSPS) is 12.4. The summed E-state index contributed by atoms with van der Waals surface area (Å²) in [6.07, 6.45) is 0.0850. The van der Waals surface area contributed by atoms with Gasteiger partial charge in [0.25, 0.3) is 0 Å². The van der Waals surface area contributed by atoms with Gasteiger partial charge in [0.2, 0.25) is 0 Å². The summed E-state index contributed by atoms with van der Waals surface area (Å²) in [7, 11) is 5.82. The van der Waals surface area contributed by atoms with Crippen LogP contribution < -0.4 is 4.74 Å². The molecule has 0 bridgehead atoms. The van der Waals surface area contributed by atoms with Crippen molar-refractivity contribution in [1.82, 2.24) is 4.90 Å². The first kappa shape index (κ1) is 16.5. The van der Waals surface area contributed by atoms with Gasteiger partial charge in [0.15, 0.2) is 0 Å². The average molecular weight is 299 g/mol. The predicted molar refractivity (Wildman–Crippen MR) is 91.4 cm³/mol. The van der Waals surface area contributed by atoms with E-state index in [0.717, 1.165) is 23.4 Å². The summed E-state index contributed by atoms with van der Waals surface area (Å²) < 4.78 is 11.4. The Labute approximate surface area is 133 Å². The Balaban J connectivity index is 2.25. The topological polar surface area (TPSA) is 21.7 Å². The van der Waals surface area contributed by atoms with Gasteiger partial charge >= 0.3 is 0 Å². The van der Waals surface area contributed by atoms with E-state index < -0.39 is 0 Å². The molecule has 0 unspecified atom stereocenters. The van der Waals surface area contributed by atoms with Crippen molar-refractivity contribution in [2.75, 3.05) is 34.4 Å². The largest absolute Gasteiger partial charge is 0.492 e. The third-order valence-corrected chi connectivity index (χ3v) is 3.70. The number of hydrogen-bond donors (Lipinski definition) is 0. The van der Waals surface area contributed by atoms with Crippen molar-refractivity contribution >= 4 is 0 Å². The second-order valence-corrected chi connectivity index (χ2v) is 5.65. The van der Waals surface area contributed by atoms with Crippen molar-refractivity contribution in [3.8, 4) is 16.9 Å². The highest BCUT2D eigenvalue weighted by Gasteiger charge is 2.09. The van der Waals surface area contributed by atoms with Gasteiger partial charge < -0.3 is 14.4 Å². The lowest BCUT2D eigenvalue weighted by molar-refractivity contribution is 0.119. The summed E-state index contributed by atoms with van der Waals surface area (Å²) in [4.78, 5) is 2.11. The summed E-state index contributed by atoms with van der Waals surface area (Å²) in [6.45, 7) is 3.63. The molecule has 1 atom stereocenters.